The smallest absolute Gasteiger partial charge is 0.322 e. The average Bonchev–Trinajstić information content (AvgIpc) is 3.31. The normalized spacial score (nSPS) is 18.4. The average molecular weight is 565 g/mol. The lowest BCUT2D eigenvalue weighted by molar-refractivity contribution is 0.0550. The molecule has 2 aliphatic heterocycles. The summed E-state index contributed by atoms with van der Waals surface area (Å²) < 4.78 is 47.2. The van der Waals surface area contributed by atoms with Crippen LogP contribution in [0.3, 0.4) is 0 Å². The molecule has 4 aromatic rings. The van der Waals surface area contributed by atoms with Crippen LogP contribution in [0.25, 0.3) is 10.9 Å². The van der Waals surface area contributed by atoms with Crippen molar-refractivity contribution in [1.29, 1.82) is 0 Å². The number of sulfonamides is 1. The molecule has 0 radical (unpaired) electrons. The number of amides is 2. The number of fused-ring (bicyclic) bond motifs is 4. The molecule has 1 aromatic heterocycles. The summed E-state index contributed by atoms with van der Waals surface area (Å²) in [5.74, 6) is 0.217. The predicted molar refractivity (Wildman–Crippen MR) is 148 cm³/mol. The third-order valence-corrected chi connectivity index (χ3v) is 9.70. The Morgan fingerprint density at radius 2 is 1.80 bits per heavy atom. The Bertz CT molecular complexity index is 1700. The van der Waals surface area contributed by atoms with Crippen LogP contribution in [0.2, 0.25) is 0 Å². The number of nitrogens with one attached hydrogen (secondary N) is 2. The van der Waals surface area contributed by atoms with E-state index in [2.05, 4.69) is 10.3 Å². The Hall–Kier alpha value is -3.93. The zero-order valence-electron chi connectivity index (χ0n) is 22.0. The first-order valence-corrected chi connectivity index (χ1v) is 14.3. The van der Waals surface area contributed by atoms with Crippen LogP contribution in [0.5, 0.6) is 5.75 Å². The number of hydrogen-bond donors (Lipinski definition) is 3. The molecule has 9 nitrogen and oxygen atoms in total. The molecular weight excluding hydrogens is 535 g/mol. The number of methoxy groups -OCH3 is 1. The number of rotatable bonds is 5. The van der Waals surface area contributed by atoms with Crippen molar-refractivity contribution < 1.29 is 27.4 Å². The van der Waals surface area contributed by atoms with E-state index >= 15 is 0 Å². The first-order valence-electron chi connectivity index (χ1n) is 12.9. The number of aryl methyl sites for hydroxylation is 1. The molecular formula is C29H29FN4O5S. The zero-order chi connectivity index (χ0) is 28.2. The summed E-state index contributed by atoms with van der Waals surface area (Å²) in [6, 6.07) is 16.6. The fourth-order valence-corrected chi connectivity index (χ4v) is 7.48. The van der Waals surface area contributed by atoms with Gasteiger partial charge in [0.15, 0.2) is 0 Å². The number of urea groups is 1. The number of nitrogens with zero attached hydrogens (tertiary/aromatic N) is 2. The van der Waals surface area contributed by atoms with Crippen LogP contribution in [0.15, 0.2) is 71.6 Å². The molecule has 2 amide bonds. The Morgan fingerprint density at radius 1 is 1.10 bits per heavy atom. The standard InChI is InChI=1S/C29H29FN4O5S/c1-18-3-10-22(11-4-18)40(37,38)33-15-29(16-33)17-34(28(36)31-20-7-5-19(30)6-8-20)25(14-35)27-26(29)23-12-9-21(39-2)13-24(23)32-27/h3-13,25,32,35H,14-17H2,1-2H3,(H,31,36)/t25-/m1/s1. The van der Waals surface area contributed by atoms with Gasteiger partial charge in [-0.05, 0) is 61.0 Å². The van der Waals surface area contributed by atoms with E-state index in [1.807, 2.05) is 25.1 Å². The summed E-state index contributed by atoms with van der Waals surface area (Å²) in [6.45, 7) is 2.04. The van der Waals surface area contributed by atoms with Crippen molar-refractivity contribution in [2.45, 2.75) is 23.3 Å². The summed E-state index contributed by atoms with van der Waals surface area (Å²) in [7, 11) is -2.18. The van der Waals surface area contributed by atoms with Gasteiger partial charge < -0.3 is 25.0 Å². The van der Waals surface area contributed by atoms with E-state index in [4.69, 9.17) is 4.74 Å². The Balaban J connectivity index is 1.40. The van der Waals surface area contributed by atoms with E-state index in [-0.39, 0.29) is 31.1 Å². The van der Waals surface area contributed by atoms with Crippen LogP contribution >= 0.6 is 0 Å². The van der Waals surface area contributed by atoms with E-state index < -0.39 is 33.3 Å². The SMILES string of the molecule is COc1ccc2c3c([nH]c2c1)[C@@H](CO)N(C(=O)Nc1ccc(F)cc1)CC31CN(S(=O)(=O)c2ccc(C)cc2)C1. The highest BCUT2D eigenvalue weighted by atomic mass is 32.2. The second-order valence-electron chi connectivity index (χ2n) is 10.5. The highest BCUT2D eigenvalue weighted by Crippen LogP contribution is 2.49. The summed E-state index contributed by atoms with van der Waals surface area (Å²) in [4.78, 5) is 18.7. The van der Waals surface area contributed by atoms with E-state index in [0.29, 0.717) is 17.1 Å². The van der Waals surface area contributed by atoms with Crippen LogP contribution < -0.4 is 10.1 Å². The summed E-state index contributed by atoms with van der Waals surface area (Å²) in [5.41, 5.74) is 2.96. The Labute approximate surface area is 231 Å². The number of aromatic amines is 1. The minimum Gasteiger partial charge on any atom is -0.497 e. The number of carbonyl (C=O) groups excluding carboxylic acids is 1. The Morgan fingerprint density at radius 3 is 2.45 bits per heavy atom. The van der Waals surface area contributed by atoms with Crippen LogP contribution in [0.1, 0.15) is 22.9 Å². The topological polar surface area (TPSA) is 115 Å². The van der Waals surface area contributed by atoms with Crippen molar-refractivity contribution in [1.82, 2.24) is 14.2 Å². The first kappa shape index (κ1) is 26.3. The Kier molecular flexibility index (Phi) is 6.32. The lowest BCUT2D eigenvalue weighted by Gasteiger charge is -2.55. The summed E-state index contributed by atoms with van der Waals surface area (Å²) >= 11 is 0. The van der Waals surface area contributed by atoms with Crippen molar-refractivity contribution in [3.63, 3.8) is 0 Å². The van der Waals surface area contributed by atoms with E-state index in [1.54, 1.807) is 31.4 Å². The number of anilines is 1. The van der Waals surface area contributed by atoms with Crippen LogP contribution in [0, 0.1) is 12.7 Å². The third kappa shape index (κ3) is 4.21. The molecule has 11 heteroatoms. The second kappa shape index (κ2) is 9.61. The maximum Gasteiger partial charge on any atom is 0.322 e. The quantitative estimate of drug-likeness (QED) is 0.337. The van der Waals surface area contributed by atoms with Crippen molar-refractivity contribution in [3.05, 3.63) is 89.4 Å². The van der Waals surface area contributed by atoms with Gasteiger partial charge in [-0.15, -0.1) is 0 Å². The lowest BCUT2D eigenvalue weighted by Crippen LogP contribution is -2.68. The number of hydrogen-bond acceptors (Lipinski definition) is 5. The van der Waals surface area contributed by atoms with Gasteiger partial charge in [0.05, 0.1) is 24.7 Å². The van der Waals surface area contributed by atoms with Gasteiger partial charge in [0.25, 0.3) is 0 Å². The summed E-state index contributed by atoms with van der Waals surface area (Å²) in [5, 5.41) is 14.2. The van der Waals surface area contributed by atoms with Crippen molar-refractivity contribution in [2.24, 2.45) is 0 Å². The number of aromatic nitrogens is 1. The van der Waals surface area contributed by atoms with Gasteiger partial charge in [-0.2, -0.15) is 4.31 Å². The van der Waals surface area contributed by atoms with Gasteiger partial charge in [-0.1, -0.05) is 17.7 Å². The largest absolute Gasteiger partial charge is 0.497 e. The van der Waals surface area contributed by atoms with Crippen molar-refractivity contribution in [3.8, 4) is 5.75 Å². The van der Waals surface area contributed by atoms with Crippen molar-refractivity contribution in [2.75, 3.05) is 38.7 Å². The van der Waals surface area contributed by atoms with E-state index in [0.717, 1.165) is 22.0 Å². The van der Waals surface area contributed by atoms with Gasteiger partial charge >= 0.3 is 6.03 Å². The number of carbonyl (C=O) groups is 1. The maximum atomic E-state index is 13.6. The highest BCUT2D eigenvalue weighted by molar-refractivity contribution is 7.89. The van der Waals surface area contributed by atoms with E-state index in [1.165, 1.54) is 33.5 Å². The summed E-state index contributed by atoms with van der Waals surface area (Å²) in [6.07, 6.45) is 0. The second-order valence-corrected chi connectivity index (χ2v) is 12.4. The molecule has 208 valence electrons. The van der Waals surface area contributed by atoms with Crippen molar-refractivity contribution >= 4 is 32.6 Å². The van der Waals surface area contributed by atoms with Gasteiger partial charge in [-0.3, -0.25) is 0 Å². The number of H-pyrrole nitrogens is 1. The molecule has 3 N–H and O–H groups in total. The number of aliphatic hydroxyl groups is 1. The van der Waals surface area contributed by atoms with E-state index in [9.17, 15) is 22.7 Å². The minimum absolute atomic E-state index is 0.160. The molecule has 2 aliphatic rings. The van der Waals surface area contributed by atoms with Gasteiger partial charge in [0.2, 0.25) is 10.0 Å². The molecule has 1 atom stereocenters. The maximum absolute atomic E-state index is 13.6. The monoisotopic (exact) mass is 564 g/mol. The first-order chi connectivity index (χ1) is 19.1. The minimum atomic E-state index is -3.75. The fraction of sp³-hybridized carbons (Fsp3) is 0.276. The molecule has 0 saturated carbocycles. The number of ether oxygens (including phenoxy) is 1. The van der Waals surface area contributed by atoms with Crippen LogP contribution in [-0.4, -0.2) is 67.1 Å². The van der Waals surface area contributed by atoms with Crippen LogP contribution in [0.4, 0.5) is 14.9 Å². The molecule has 6 rings (SSSR count). The number of halogens is 1. The van der Waals surface area contributed by atoms with Gasteiger partial charge in [0.1, 0.15) is 11.6 Å². The molecule has 1 spiro atoms. The predicted octanol–water partition coefficient (Wildman–Crippen LogP) is 4.15. The molecule has 0 bridgehead atoms. The number of benzene rings is 3. The third-order valence-electron chi connectivity index (χ3n) is 7.89. The van der Waals surface area contributed by atoms with Gasteiger partial charge in [-0.25, -0.2) is 17.6 Å². The van der Waals surface area contributed by atoms with Crippen LogP contribution in [-0.2, 0) is 15.4 Å². The zero-order valence-corrected chi connectivity index (χ0v) is 22.8. The molecule has 0 aliphatic carbocycles. The molecule has 1 fully saturated rings. The number of aliphatic hydroxyl groups excluding tert-OH is 1. The molecule has 3 heterocycles. The highest BCUT2D eigenvalue weighted by Gasteiger charge is 2.56. The molecule has 0 unspecified atom stereocenters. The fourth-order valence-electron chi connectivity index (χ4n) is 5.86. The molecule has 3 aromatic carbocycles. The molecule has 40 heavy (non-hydrogen) atoms. The van der Waals surface area contributed by atoms with Gasteiger partial charge in [0, 0.05) is 53.4 Å². The lowest BCUT2D eigenvalue weighted by atomic mass is 9.70. The molecule has 1 saturated heterocycles.